The quantitative estimate of drug-likeness (QED) is 0.738. The lowest BCUT2D eigenvalue weighted by atomic mass is 9.92. The van der Waals surface area contributed by atoms with Gasteiger partial charge in [0.2, 0.25) is 0 Å². The molecule has 0 spiro atoms. The highest BCUT2D eigenvalue weighted by Crippen LogP contribution is 2.20. The molecule has 0 amide bonds. The van der Waals surface area contributed by atoms with Crippen molar-refractivity contribution in [3.05, 3.63) is 17.8 Å². The highest BCUT2D eigenvalue weighted by Gasteiger charge is 2.15. The van der Waals surface area contributed by atoms with E-state index in [9.17, 15) is 0 Å². The van der Waals surface area contributed by atoms with Gasteiger partial charge in [-0.3, -0.25) is 0 Å². The minimum atomic E-state index is 0.250. The summed E-state index contributed by atoms with van der Waals surface area (Å²) in [5, 5.41) is 0. The van der Waals surface area contributed by atoms with Gasteiger partial charge in [-0.05, 0) is 17.8 Å². The first kappa shape index (κ1) is 11.3. The number of hydrogen-bond acceptors (Lipinski definition) is 2. The van der Waals surface area contributed by atoms with Gasteiger partial charge in [0.15, 0.2) is 5.89 Å². The van der Waals surface area contributed by atoms with E-state index >= 15 is 0 Å². The normalized spacial score (nSPS) is 12.4. The highest BCUT2D eigenvalue weighted by atomic mass is 16.3. The number of nitrogens with zero attached hydrogens (tertiary/aromatic N) is 1. The fourth-order valence-electron chi connectivity index (χ4n) is 1.40. The van der Waals surface area contributed by atoms with Gasteiger partial charge in [-0.2, -0.15) is 0 Å². The summed E-state index contributed by atoms with van der Waals surface area (Å²) >= 11 is 0. The molecule has 0 fully saturated rings. The monoisotopic (exact) mass is 195 g/mol. The molecule has 14 heavy (non-hydrogen) atoms. The van der Waals surface area contributed by atoms with E-state index in [-0.39, 0.29) is 5.41 Å². The van der Waals surface area contributed by atoms with E-state index in [0.29, 0.717) is 5.92 Å². The van der Waals surface area contributed by atoms with Crippen LogP contribution in [0.1, 0.15) is 46.2 Å². The molecule has 1 aromatic heterocycles. The lowest BCUT2D eigenvalue weighted by Gasteiger charge is -2.14. The predicted octanol–water partition coefficient (Wildman–Crippen LogP) is 3.46. The van der Waals surface area contributed by atoms with Gasteiger partial charge in [-0.1, -0.05) is 34.6 Å². The molecule has 2 heteroatoms. The zero-order valence-electron chi connectivity index (χ0n) is 9.92. The van der Waals surface area contributed by atoms with Crippen LogP contribution in [0, 0.1) is 11.3 Å². The van der Waals surface area contributed by atoms with E-state index in [2.05, 4.69) is 39.6 Å². The molecule has 0 aromatic carbocycles. The van der Waals surface area contributed by atoms with Crippen molar-refractivity contribution in [2.45, 2.75) is 47.5 Å². The van der Waals surface area contributed by atoms with Gasteiger partial charge in [-0.15, -0.1) is 0 Å². The highest BCUT2D eigenvalue weighted by molar-refractivity contribution is 4.98. The van der Waals surface area contributed by atoms with Gasteiger partial charge in [-0.25, -0.2) is 4.98 Å². The van der Waals surface area contributed by atoms with Crippen LogP contribution in [0.5, 0.6) is 0 Å². The fourth-order valence-corrected chi connectivity index (χ4v) is 1.40. The summed E-state index contributed by atoms with van der Waals surface area (Å²) < 4.78 is 5.43. The SMILES string of the molecule is CC(C)Cc1coc(CC(C)(C)C)n1. The van der Waals surface area contributed by atoms with Gasteiger partial charge in [0.05, 0.1) is 5.69 Å². The van der Waals surface area contributed by atoms with Crippen molar-refractivity contribution in [3.8, 4) is 0 Å². The molecule has 2 nitrogen and oxygen atoms in total. The van der Waals surface area contributed by atoms with Gasteiger partial charge >= 0.3 is 0 Å². The van der Waals surface area contributed by atoms with E-state index in [1.807, 2.05) is 0 Å². The van der Waals surface area contributed by atoms with Crippen molar-refractivity contribution < 1.29 is 4.42 Å². The Morgan fingerprint density at radius 3 is 2.50 bits per heavy atom. The van der Waals surface area contributed by atoms with Crippen LogP contribution >= 0.6 is 0 Å². The van der Waals surface area contributed by atoms with Crippen molar-refractivity contribution in [1.82, 2.24) is 4.98 Å². The first-order valence-electron chi connectivity index (χ1n) is 5.30. The van der Waals surface area contributed by atoms with Crippen LogP contribution in [0.15, 0.2) is 10.7 Å². The molecule has 0 aliphatic heterocycles. The minimum absolute atomic E-state index is 0.250. The first-order chi connectivity index (χ1) is 6.37. The van der Waals surface area contributed by atoms with Crippen LogP contribution in [-0.2, 0) is 12.8 Å². The van der Waals surface area contributed by atoms with Gasteiger partial charge in [0.25, 0.3) is 0 Å². The van der Waals surface area contributed by atoms with Crippen LogP contribution in [0.3, 0.4) is 0 Å². The van der Waals surface area contributed by atoms with Crippen molar-refractivity contribution in [2.75, 3.05) is 0 Å². The largest absolute Gasteiger partial charge is 0.449 e. The summed E-state index contributed by atoms with van der Waals surface area (Å²) in [5.41, 5.74) is 1.33. The molecule has 0 unspecified atom stereocenters. The minimum Gasteiger partial charge on any atom is -0.449 e. The van der Waals surface area contributed by atoms with Crippen molar-refractivity contribution in [2.24, 2.45) is 11.3 Å². The Labute approximate surface area is 86.7 Å². The summed E-state index contributed by atoms with van der Waals surface area (Å²) in [6, 6.07) is 0. The number of rotatable bonds is 3. The van der Waals surface area contributed by atoms with Crippen LogP contribution in [-0.4, -0.2) is 4.98 Å². The Bertz CT molecular complexity index is 281. The summed E-state index contributed by atoms with van der Waals surface area (Å²) in [6.45, 7) is 11.0. The molecule has 1 heterocycles. The second-order valence-corrected chi connectivity index (χ2v) is 5.57. The maximum Gasteiger partial charge on any atom is 0.194 e. The van der Waals surface area contributed by atoms with Crippen LogP contribution in [0.4, 0.5) is 0 Å². The summed E-state index contributed by atoms with van der Waals surface area (Å²) in [7, 11) is 0. The lowest BCUT2D eigenvalue weighted by molar-refractivity contribution is 0.354. The third-order valence-electron chi connectivity index (χ3n) is 1.90. The molecule has 0 saturated carbocycles. The number of oxazole rings is 1. The molecular weight excluding hydrogens is 174 g/mol. The molecule has 80 valence electrons. The van der Waals surface area contributed by atoms with E-state index in [1.165, 1.54) is 0 Å². The molecule has 0 aliphatic rings. The van der Waals surface area contributed by atoms with E-state index in [4.69, 9.17) is 4.42 Å². The Morgan fingerprint density at radius 2 is 2.00 bits per heavy atom. The van der Waals surface area contributed by atoms with Gasteiger partial charge < -0.3 is 4.42 Å². The summed E-state index contributed by atoms with van der Waals surface area (Å²) in [6.07, 6.45) is 3.71. The predicted molar refractivity (Wildman–Crippen MR) is 58.2 cm³/mol. The molecule has 0 radical (unpaired) electrons. The van der Waals surface area contributed by atoms with Crippen LogP contribution in [0.2, 0.25) is 0 Å². The Hall–Kier alpha value is -0.790. The zero-order valence-corrected chi connectivity index (χ0v) is 9.92. The molecule has 0 aliphatic carbocycles. The smallest absolute Gasteiger partial charge is 0.194 e. The average Bonchev–Trinajstić information content (AvgIpc) is 2.30. The average molecular weight is 195 g/mol. The van der Waals surface area contributed by atoms with E-state index in [0.717, 1.165) is 24.4 Å². The van der Waals surface area contributed by atoms with Crippen LogP contribution < -0.4 is 0 Å². The van der Waals surface area contributed by atoms with Crippen molar-refractivity contribution in [1.29, 1.82) is 0 Å². The third kappa shape index (κ3) is 3.95. The molecule has 0 atom stereocenters. The Balaban J connectivity index is 2.60. The van der Waals surface area contributed by atoms with E-state index in [1.54, 1.807) is 6.26 Å². The third-order valence-corrected chi connectivity index (χ3v) is 1.90. The molecule has 1 rings (SSSR count). The van der Waals surface area contributed by atoms with Gasteiger partial charge in [0, 0.05) is 6.42 Å². The summed E-state index contributed by atoms with van der Waals surface area (Å²) in [4.78, 5) is 4.47. The van der Waals surface area contributed by atoms with E-state index < -0.39 is 0 Å². The van der Waals surface area contributed by atoms with Crippen LogP contribution in [0.25, 0.3) is 0 Å². The molecule has 0 N–H and O–H groups in total. The topological polar surface area (TPSA) is 26.0 Å². The standard InChI is InChI=1S/C12H21NO/c1-9(2)6-10-8-14-11(13-10)7-12(3,4)5/h8-9H,6-7H2,1-5H3. The Kier molecular flexibility index (Phi) is 3.35. The molecule has 0 bridgehead atoms. The molecule has 0 saturated heterocycles. The maximum atomic E-state index is 5.43. The lowest BCUT2D eigenvalue weighted by Crippen LogP contribution is -2.09. The van der Waals surface area contributed by atoms with Gasteiger partial charge in [0.1, 0.15) is 6.26 Å². The second kappa shape index (κ2) is 4.16. The Morgan fingerprint density at radius 1 is 1.36 bits per heavy atom. The van der Waals surface area contributed by atoms with Crippen molar-refractivity contribution >= 4 is 0 Å². The maximum absolute atomic E-state index is 5.43. The summed E-state index contributed by atoms with van der Waals surface area (Å²) in [5.74, 6) is 1.51. The second-order valence-electron chi connectivity index (χ2n) is 5.57. The fraction of sp³-hybridized carbons (Fsp3) is 0.750. The zero-order chi connectivity index (χ0) is 10.8. The molecule has 1 aromatic rings. The number of hydrogen-bond donors (Lipinski definition) is 0. The molecular formula is C12H21NO. The first-order valence-corrected chi connectivity index (χ1v) is 5.30. The van der Waals surface area contributed by atoms with Crippen molar-refractivity contribution in [3.63, 3.8) is 0 Å². The number of aromatic nitrogens is 1.